The fourth-order valence-corrected chi connectivity index (χ4v) is 1.36. The highest BCUT2D eigenvalue weighted by Gasteiger charge is 1.81. The molecule has 77 valence electrons. The third kappa shape index (κ3) is 5.23. The average molecular weight is 264 g/mol. The maximum Gasteiger partial charge on any atom is 0.178 e. The molecule has 0 bridgehead atoms. The zero-order valence-corrected chi connectivity index (χ0v) is 9.85. The van der Waals surface area contributed by atoms with Gasteiger partial charge in [0.1, 0.15) is 0 Å². The summed E-state index contributed by atoms with van der Waals surface area (Å²) in [4.78, 5) is 0. The van der Waals surface area contributed by atoms with Crippen LogP contribution in [0.5, 0.6) is 5.75 Å². The van der Waals surface area contributed by atoms with Gasteiger partial charge in [0, 0.05) is 5.33 Å². The molecule has 2 heteroatoms. The Hall–Kier alpha value is -1.28. The molecule has 2 aromatic carbocycles. The van der Waals surface area contributed by atoms with Gasteiger partial charge >= 0.3 is 0 Å². The summed E-state index contributed by atoms with van der Waals surface area (Å²) in [5.74, 6) is 0.0718. The van der Waals surface area contributed by atoms with E-state index in [-0.39, 0.29) is 5.75 Å². The molecule has 0 aliphatic heterocycles. The van der Waals surface area contributed by atoms with Crippen molar-refractivity contribution in [1.82, 2.24) is 0 Å². The molecule has 0 saturated carbocycles. The monoisotopic (exact) mass is 263 g/mol. The van der Waals surface area contributed by atoms with Crippen LogP contribution in [0.25, 0.3) is 0 Å². The van der Waals surface area contributed by atoms with E-state index in [4.69, 9.17) is 0 Å². The molecule has 15 heavy (non-hydrogen) atoms. The van der Waals surface area contributed by atoms with Gasteiger partial charge in [0.15, 0.2) is 5.75 Å². The molecule has 0 N–H and O–H groups in total. The number of hydrogen-bond acceptors (Lipinski definition) is 0. The second kappa shape index (κ2) is 7.07. The van der Waals surface area contributed by atoms with Crippen LogP contribution in [0.4, 0.5) is 0 Å². The maximum atomic E-state index is 10.3. The molecule has 0 aromatic heterocycles. The van der Waals surface area contributed by atoms with E-state index >= 15 is 0 Å². The molecular weight excluding hydrogens is 252 g/mol. The minimum Gasteiger partial charge on any atom is -0.290 e. The molecule has 0 aliphatic rings. The van der Waals surface area contributed by atoms with E-state index in [0.717, 1.165) is 5.33 Å². The van der Waals surface area contributed by atoms with E-state index in [2.05, 4.69) is 28.1 Å². The van der Waals surface area contributed by atoms with Gasteiger partial charge in [0.2, 0.25) is 0 Å². The second-order valence-electron chi connectivity index (χ2n) is 2.93. The lowest BCUT2D eigenvalue weighted by Gasteiger charge is -1.88. The summed E-state index contributed by atoms with van der Waals surface area (Å²) in [5.41, 5.74) is 1.33. The van der Waals surface area contributed by atoms with E-state index in [1.165, 1.54) is 17.7 Å². The Morgan fingerprint density at radius 1 is 0.800 bits per heavy atom. The molecule has 0 fully saturated rings. The lowest BCUT2D eigenvalue weighted by Crippen LogP contribution is -1.70. The van der Waals surface area contributed by atoms with Gasteiger partial charge < -0.3 is 0 Å². The minimum absolute atomic E-state index is 0.0718. The highest BCUT2D eigenvalue weighted by Crippen LogP contribution is 2.04. The van der Waals surface area contributed by atoms with Gasteiger partial charge in [-0.3, -0.25) is 5.11 Å². The van der Waals surface area contributed by atoms with Crippen molar-refractivity contribution in [3.63, 3.8) is 0 Å². The molecule has 1 radical (unpaired) electrons. The number of benzene rings is 2. The highest BCUT2D eigenvalue weighted by molar-refractivity contribution is 9.08. The molecule has 1 nitrogen and oxygen atoms in total. The Morgan fingerprint density at radius 2 is 1.27 bits per heavy atom. The quantitative estimate of drug-likeness (QED) is 0.680. The summed E-state index contributed by atoms with van der Waals surface area (Å²) < 4.78 is 0. The maximum absolute atomic E-state index is 10.3. The van der Waals surface area contributed by atoms with Crippen LogP contribution in [-0.2, 0) is 10.4 Å². The first kappa shape index (κ1) is 11.8. The Balaban J connectivity index is 0.000000151. The van der Waals surface area contributed by atoms with Crippen LogP contribution in [0.15, 0.2) is 60.7 Å². The van der Waals surface area contributed by atoms with Crippen molar-refractivity contribution >= 4 is 15.9 Å². The first-order valence-electron chi connectivity index (χ1n) is 4.65. The molecule has 2 aromatic rings. The largest absolute Gasteiger partial charge is 0.290 e. The summed E-state index contributed by atoms with van der Waals surface area (Å²) >= 11 is 3.36. The van der Waals surface area contributed by atoms with Gasteiger partial charge in [-0.1, -0.05) is 64.5 Å². The Kier molecular flexibility index (Phi) is 5.56. The summed E-state index contributed by atoms with van der Waals surface area (Å²) in [6, 6.07) is 18.6. The third-order valence-electron chi connectivity index (χ3n) is 1.74. The van der Waals surface area contributed by atoms with E-state index in [1.54, 1.807) is 12.1 Å². The van der Waals surface area contributed by atoms with Crippen molar-refractivity contribution in [3.05, 3.63) is 66.2 Å². The Bertz CT molecular complexity index is 359. The van der Waals surface area contributed by atoms with Crippen molar-refractivity contribution in [1.29, 1.82) is 0 Å². The van der Waals surface area contributed by atoms with Crippen molar-refractivity contribution in [2.75, 3.05) is 0 Å². The predicted octanol–water partition coefficient (Wildman–Crippen LogP) is 4.41. The van der Waals surface area contributed by atoms with Crippen molar-refractivity contribution in [2.24, 2.45) is 0 Å². The number of halogens is 1. The number of alkyl halides is 1. The minimum atomic E-state index is 0.0718. The van der Waals surface area contributed by atoms with Gasteiger partial charge in [-0.2, -0.15) is 0 Å². The molecule has 0 heterocycles. The third-order valence-corrected chi connectivity index (χ3v) is 2.39. The zero-order valence-electron chi connectivity index (χ0n) is 8.27. The molecule has 0 atom stereocenters. The lowest BCUT2D eigenvalue weighted by atomic mass is 10.2. The van der Waals surface area contributed by atoms with Gasteiger partial charge in [0.05, 0.1) is 0 Å². The van der Waals surface area contributed by atoms with Crippen LogP contribution in [0.1, 0.15) is 5.56 Å². The smallest absolute Gasteiger partial charge is 0.178 e. The normalized spacial score (nSPS) is 8.87. The first-order chi connectivity index (χ1) is 7.33. The first-order valence-corrected chi connectivity index (χ1v) is 5.77. The van der Waals surface area contributed by atoms with Crippen LogP contribution in [0.2, 0.25) is 0 Å². The summed E-state index contributed by atoms with van der Waals surface area (Å²) in [6.07, 6.45) is 0. The predicted molar refractivity (Wildman–Crippen MR) is 65.6 cm³/mol. The fourth-order valence-electron chi connectivity index (χ4n) is 0.988. The van der Waals surface area contributed by atoms with Crippen LogP contribution in [-0.4, -0.2) is 0 Å². The van der Waals surface area contributed by atoms with Gasteiger partial charge in [-0.05, 0) is 17.7 Å². The second-order valence-corrected chi connectivity index (χ2v) is 3.49. The summed E-state index contributed by atoms with van der Waals surface area (Å²) in [5, 5.41) is 11.2. The van der Waals surface area contributed by atoms with Crippen molar-refractivity contribution in [3.8, 4) is 5.75 Å². The van der Waals surface area contributed by atoms with E-state index in [1.807, 2.05) is 24.3 Å². The lowest BCUT2D eigenvalue weighted by molar-refractivity contribution is 0.355. The Labute approximate surface area is 98.5 Å². The summed E-state index contributed by atoms with van der Waals surface area (Å²) in [7, 11) is 0. The summed E-state index contributed by atoms with van der Waals surface area (Å²) in [6.45, 7) is 0. The molecule has 0 saturated heterocycles. The average Bonchev–Trinajstić information content (AvgIpc) is 2.32. The SMILES string of the molecule is BrCc1ccccc1.[O]c1ccccc1. The van der Waals surface area contributed by atoms with Gasteiger partial charge in [0.25, 0.3) is 0 Å². The van der Waals surface area contributed by atoms with Gasteiger partial charge in [-0.25, -0.2) is 0 Å². The standard InChI is InChI=1S/C7H7Br.C6H5O/c8-6-7-4-2-1-3-5-7;7-6-4-2-1-3-5-6/h1-5H,6H2;1-5H. The molecule has 0 aliphatic carbocycles. The molecule has 0 amide bonds. The fraction of sp³-hybridized carbons (Fsp3) is 0.0769. The molecular formula is C13H12BrO. The van der Waals surface area contributed by atoms with Crippen molar-refractivity contribution < 1.29 is 5.11 Å². The van der Waals surface area contributed by atoms with Gasteiger partial charge in [-0.15, -0.1) is 0 Å². The molecule has 0 unspecified atom stereocenters. The van der Waals surface area contributed by atoms with Crippen LogP contribution in [0, 0.1) is 0 Å². The molecule has 2 rings (SSSR count). The number of para-hydroxylation sites is 1. The van der Waals surface area contributed by atoms with Crippen LogP contribution < -0.4 is 0 Å². The van der Waals surface area contributed by atoms with E-state index in [9.17, 15) is 5.11 Å². The topological polar surface area (TPSA) is 19.9 Å². The molecule has 0 spiro atoms. The highest BCUT2D eigenvalue weighted by atomic mass is 79.9. The number of rotatable bonds is 1. The van der Waals surface area contributed by atoms with Crippen molar-refractivity contribution in [2.45, 2.75) is 5.33 Å². The van der Waals surface area contributed by atoms with E-state index in [0.29, 0.717) is 0 Å². The Morgan fingerprint density at radius 3 is 1.53 bits per heavy atom. The number of hydrogen-bond donors (Lipinski definition) is 0. The van der Waals surface area contributed by atoms with E-state index < -0.39 is 0 Å². The van der Waals surface area contributed by atoms with Crippen LogP contribution >= 0.6 is 15.9 Å². The van der Waals surface area contributed by atoms with Crippen LogP contribution in [0.3, 0.4) is 0 Å². The zero-order chi connectivity index (χ0) is 10.9.